The second-order valence-electron chi connectivity index (χ2n) is 11.1. The number of rotatable bonds is 12. The van der Waals surface area contributed by atoms with Gasteiger partial charge in [0.2, 0.25) is 5.91 Å². The molecule has 2 atom stereocenters. The van der Waals surface area contributed by atoms with Crippen LogP contribution >= 0.6 is 11.8 Å². The van der Waals surface area contributed by atoms with Crippen molar-refractivity contribution in [1.82, 2.24) is 4.90 Å². The van der Waals surface area contributed by atoms with Gasteiger partial charge in [0.05, 0.1) is 18.4 Å². The summed E-state index contributed by atoms with van der Waals surface area (Å²) in [5, 5.41) is 26.7. The SMILES string of the molecule is Cc1c(C)c2c(c(C)c1OCC(=O)O)C(=O)CC(C)(COc1ccc(CC3(CC(=O)O)SC(=O)N(CC(=O)O)C3=O)cc1)O2. The number of hydrogen-bond donors (Lipinski definition) is 3. The largest absolute Gasteiger partial charge is 0.489 e. The lowest BCUT2D eigenvalue weighted by Gasteiger charge is -2.37. The third-order valence-corrected chi connectivity index (χ3v) is 8.76. The predicted molar refractivity (Wildman–Crippen MR) is 155 cm³/mol. The minimum atomic E-state index is -1.69. The number of aliphatic carboxylic acids is 3. The maximum absolute atomic E-state index is 13.3. The van der Waals surface area contributed by atoms with E-state index in [9.17, 15) is 33.9 Å². The van der Waals surface area contributed by atoms with E-state index in [1.807, 2.05) is 0 Å². The monoisotopic (exact) mass is 629 g/mol. The first kappa shape index (κ1) is 32.3. The Hall–Kier alpha value is -4.59. The molecular formula is C30H31NO12S. The number of carbonyl (C=O) groups excluding carboxylic acids is 3. The molecule has 4 rings (SSSR count). The summed E-state index contributed by atoms with van der Waals surface area (Å²) >= 11 is 0.509. The molecule has 2 aliphatic rings. The zero-order valence-electron chi connectivity index (χ0n) is 24.4. The number of carbonyl (C=O) groups is 6. The third-order valence-electron chi connectivity index (χ3n) is 7.51. The fraction of sp³-hybridized carbons (Fsp3) is 0.400. The van der Waals surface area contributed by atoms with E-state index >= 15 is 0 Å². The van der Waals surface area contributed by atoms with Crippen molar-refractivity contribution in [3.8, 4) is 17.2 Å². The molecule has 2 aromatic rings. The molecule has 234 valence electrons. The van der Waals surface area contributed by atoms with Gasteiger partial charge in [-0.1, -0.05) is 12.1 Å². The summed E-state index contributed by atoms with van der Waals surface area (Å²) in [5.74, 6) is -3.79. The van der Waals surface area contributed by atoms with Gasteiger partial charge >= 0.3 is 17.9 Å². The van der Waals surface area contributed by atoms with Gasteiger partial charge in [0.15, 0.2) is 12.4 Å². The van der Waals surface area contributed by atoms with Gasteiger partial charge in [-0.15, -0.1) is 0 Å². The predicted octanol–water partition coefficient (Wildman–Crippen LogP) is 3.41. The lowest BCUT2D eigenvalue weighted by molar-refractivity contribution is -0.144. The van der Waals surface area contributed by atoms with Gasteiger partial charge in [0.25, 0.3) is 5.24 Å². The minimum absolute atomic E-state index is 0.0116. The molecule has 0 radical (unpaired) electrons. The quantitative estimate of drug-likeness (QED) is 0.309. The van der Waals surface area contributed by atoms with Gasteiger partial charge in [-0.05, 0) is 74.7 Å². The van der Waals surface area contributed by atoms with Gasteiger partial charge in [0, 0.05) is 5.56 Å². The van der Waals surface area contributed by atoms with E-state index in [1.54, 1.807) is 52.0 Å². The van der Waals surface area contributed by atoms with Gasteiger partial charge in [-0.3, -0.25) is 28.9 Å². The summed E-state index contributed by atoms with van der Waals surface area (Å²) in [6.45, 7) is 5.53. The number of amides is 2. The van der Waals surface area contributed by atoms with Crippen LogP contribution in [0.1, 0.15) is 52.4 Å². The summed E-state index contributed by atoms with van der Waals surface area (Å²) in [7, 11) is 0. The number of ketones is 1. The summed E-state index contributed by atoms with van der Waals surface area (Å²) in [6.07, 6.45) is -0.821. The first-order valence-corrected chi connectivity index (χ1v) is 14.3. The highest BCUT2D eigenvalue weighted by Gasteiger charge is 2.54. The molecule has 2 unspecified atom stereocenters. The van der Waals surface area contributed by atoms with Crippen molar-refractivity contribution in [3.05, 3.63) is 52.1 Å². The summed E-state index contributed by atoms with van der Waals surface area (Å²) in [6, 6.07) is 6.41. The summed E-state index contributed by atoms with van der Waals surface area (Å²) in [4.78, 5) is 73.0. The number of hydrogen-bond acceptors (Lipinski definition) is 10. The Bertz CT molecular complexity index is 1570. The molecule has 2 heterocycles. The molecule has 2 aromatic carbocycles. The lowest BCUT2D eigenvalue weighted by Crippen LogP contribution is -2.45. The first-order chi connectivity index (χ1) is 20.6. The van der Waals surface area contributed by atoms with Crippen LogP contribution in [0.2, 0.25) is 0 Å². The molecule has 0 aliphatic carbocycles. The average molecular weight is 630 g/mol. The fourth-order valence-corrected chi connectivity index (χ4v) is 6.59. The van der Waals surface area contributed by atoms with E-state index < -0.39 is 59.0 Å². The number of ether oxygens (including phenoxy) is 3. The Balaban J connectivity index is 1.49. The van der Waals surface area contributed by atoms with E-state index in [-0.39, 0.29) is 25.2 Å². The first-order valence-electron chi connectivity index (χ1n) is 13.5. The highest BCUT2D eigenvalue weighted by molar-refractivity contribution is 8.16. The Morgan fingerprint density at radius 3 is 2.18 bits per heavy atom. The molecule has 0 bridgehead atoms. The summed E-state index contributed by atoms with van der Waals surface area (Å²) < 4.78 is 16.0. The molecule has 1 fully saturated rings. The topological polar surface area (TPSA) is 194 Å². The fourth-order valence-electron chi connectivity index (χ4n) is 5.36. The number of thioether (sulfide) groups is 1. The Labute approximate surface area is 256 Å². The maximum atomic E-state index is 13.3. The van der Waals surface area contributed by atoms with Crippen LogP contribution in [-0.2, 0) is 25.6 Å². The molecule has 0 saturated carbocycles. The number of Topliss-reactive ketones (excluding diaryl/α,β-unsaturated/α-hetero) is 1. The molecule has 3 N–H and O–H groups in total. The highest BCUT2D eigenvalue weighted by Crippen LogP contribution is 2.45. The molecule has 14 heteroatoms. The second kappa shape index (κ2) is 12.2. The van der Waals surface area contributed by atoms with Crippen molar-refractivity contribution in [3.63, 3.8) is 0 Å². The van der Waals surface area contributed by atoms with Crippen LogP contribution in [0.5, 0.6) is 17.2 Å². The molecule has 0 aromatic heterocycles. The molecule has 44 heavy (non-hydrogen) atoms. The van der Waals surface area contributed by atoms with Crippen LogP contribution in [0.4, 0.5) is 4.79 Å². The van der Waals surface area contributed by atoms with E-state index in [2.05, 4.69) is 0 Å². The van der Waals surface area contributed by atoms with Crippen LogP contribution in [0.15, 0.2) is 24.3 Å². The van der Waals surface area contributed by atoms with E-state index in [4.69, 9.17) is 24.4 Å². The van der Waals surface area contributed by atoms with Gasteiger partial charge in [-0.2, -0.15) is 0 Å². The maximum Gasteiger partial charge on any atom is 0.341 e. The number of benzene rings is 2. The number of carboxylic acid groups (broad SMARTS) is 3. The zero-order chi connectivity index (χ0) is 32.6. The molecule has 1 saturated heterocycles. The van der Waals surface area contributed by atoms with Crippen LogP contribution in [0.25, 0.3) is 0 Å². The number of imide groups is 1. The van der Waals surface area contributed by atoms with Gasteiger partial charge in [0.1, 0.15) is 40.7 Å². The van der Waals surface area contributed by atoms with E-state index in [0.29, 0.717) is 61.7 Å². The van der Waals surface area contributed by atoms with Crippen LogP contribution in [0.3, 0.4) is 0 Å². The van der Waals surface area contributed by atoms with Crippen molar-refractivity contribution in [2.75, 3.05) is 19.8 Å². The van der Waals surface area contributed by atoms with Crippen molar-refractivity contribution >= 4 is 46.6 Å². The highest BCUT2D eigenvalue weighted by atomic mass is 32.2. The van der Waals surface area contributed by atoms with Crippen LogP contribution in [-0.4, -0.2) is 85.2 Å². The number of nitrogens with zero attached hydrogens (tertiary/aromatic N) is 1. The number of carboxylic acids is 3. The van der Waals surface area contributed by atoms with Crippen LogP contribution in [0, 0.1) is 20.8 Å². The minimum Gasteiger partial charge on any atom is -0.489 e. The molecule has 2 amide bonds. The Morgan fingerprint density at radius 2 is 1.59 bits per heavy atom. The molecule has 2 aliphatic heterocycles. The molecule has 0 spiro atoms. The van der Waals surface area contributed by atoms with Crippen molar-refractivity contribution in [2.24, 2.45) is 0 Å². The van der Waals surface area contributed by atoms with E-state index in [0.717, 1.165) is 0 Å². The normalized spacial score (nSPS) is 21.1. The third kappa shape index (κ3) is 6.49. The summed E-state index contributed by atoms with van der Waals surface area (Å²) in [5.41, 5.74) is 1.62. The second-order valence-corrected chi connectivity index (χ2v) is 12.4. The Morgan fingerprint density at radius 1 is 0.932 bits per heavy atom. The Kier molecular flexibility index (Phi) is 8.95. The van der Waals surface area contributed by atoms with Crippen molar-refractivity contribution < 1.29 is 58.3 Å². The van der Waals surface area contributed by atoms with Crippen LogP contribution < -0.4 is 14.2 Å². The van der Waals surface area contributed by atoms with Gasteiger partial charge < -0.3 is 29.5 Å². The zero-order valence-corrected chi connectivity index (χ0v) is 25.2. The van der Waals surface area contributed by atoms with E-state index in [1.165, 1.54) is 0 Å². The van der Waals surface area contributed by atoms with Gasteiger partial charge in [-0.25, -0.2) is 4.79 Å². The average Bonchev–Trinajstić information content (AvgIpc) is 3.13. The molecular weight excluding hydrogens is 598 g/mol. The number of fused-ring (bicyclic) bond motifs is 1. The smallest absolute Gasteiger partial charge is 0.341 e. The lowest BCUT2D eigenvalue weighted by atomic mass is 9.86. The molecule has 13 nitrogen and oxygen atoms in total. The van der Waals surface area contributed by atoms with Crippen molar-refractivity contribution in [1.29, 1.82) is 0 Å². The standard InChI is InChI=1S/C30H31NO12S/c1-15-16(2)26-24(17(3)25(15)41-13-23(37)38)20(32)10-29(4,43-26)14-42-19-7-5-18(6-8-19)9-30(11-21(33)34)27(39)31(12-22(35)36)28(40)44-30/h5-8H,9-14H2,1-4H3,(H,33,34)(H,35,36)(H,37,38). The van der Waals surface area contributed by atoms with Crippen molar-refractivity contribution in [2.45, 2.75) is 57.3 Å².